The van der Waals surface area contributed by atoms with E-state index in [0.29, 0.717) is 6.61 Å². The summed E-state index contributed by atoms with van der Waals surface area (Å²) in [6.45, 7) is 4.13. The van der Waals surface area contributed by atoms with E-state index < -0.39 is 17.9 Å². The molecule has 0 N–H and O–H groups in total. The maximum Gasteiger partial charge on any atom is 0.191 e. The summed E-state index contributed by atoms with van der Waals surface area (Å²) < 4.78 is 37.4. The van der Waals surface area contributed by atoms with Gasteiger partial charge in [0.2, 0.25) is 0 Å². The molecular formula is C21H30O6. The third kappa shape index (κ3) is 3.27. The molecule has 0 radical (unpaired) electrons. The maximum absolute atomic E-state index is 6.41. The first-order chi connectivity index (χ1) is 13.2. The van der Waals surface area contributed by atoms with Gasteiger partial charge in [-0.05, 0) is 25.7 Å². The molecule has 0 unspecified atom stereocenters. The standard InChI is InChI=1S/C21H30O6/c1-2-13-22-17-16(15-14-23-20(25-15)9-5-3-6-10-20)24-19-18(17)26-21(27-19)11-7-4-8-12-21/h13,15-19H,1,3-12,14H2/t15-,16-,17+,18-,19-/m1/s1. The smallest absolute Gasteiger partial charge is 0.191 e. The van der Waals surface area contributed by atoms with Crippen LogP contribution in [0.5, 0.6) is 0 Å². The fourth-order valence-electron chi connectivity index (χ4n) is 5.36. The molecule has 5 aliphatic rings. The molecule has 3 heterocycles. The number of hydrogen-bond donors (Lipinski definition) is 0. The number of rotatable bonds is 3. The molecule has 6 nitrogen and oxygen atoms in total. The van der Waals surface area contributed by atoms with Crippen LogP contribution in [-0.4, -0.2) is 48.9 Å². The molecule has 0 bridgehead atoms. The lowest BCUT2D eigenvalue weighted by Gasteiger charge is -2.35. The Hall–Kier alpha value is -0.880. The molecule has 27 heavy (non-hydrogen) atoms. The minimum atomic E-state index is -0.504. The Labute approximate surface area is 160 Å². The van der Waals surface area contributed by atoms with Crippen molar-refractivity contribution in [3.63, 3.8) is 0 Å². The van der Waals surface area contributed by atoms with Crippen LogP contribution in [0.2, 0.25) is 0 Å². The Kier molecular flexibility index (Phi) is 4.83. The highest BCUT2D eigenvalue weighted by Gasteiger charge is 2.62. The van der Waals surface area contributed by atoms with Crippen LogP contribution in [0.1, 0.15) is 64.2 Å². The number of hydrogen-bond acceptors (Lipinski definition) is 6. The lowest BCUT2D eigenvalue weighted by Crippen LogP contribution is -2.45. The van der Waals surface area contributed by atoms with Gasteiger partial charge < -0.3 is 28.4 Å². The summed E-state index contributed by atoms with van der Waals surface area (Å²) >= 11 is 0. The van der Waals surface area contributed by atoms with E-state index >= 15 is 0 Å². The zero-order chi connectivity index (χ0) is 18.3. The minimum Gasteiger partial charge on any atom is -0.484 e. The second-order valence-corrected chi connectivity index (χ2v) is 8.50. The molecule has 5 rings (SSSR count). The first-order valence-corrected chi connectivity index (χ1v) is 10.6. The van der Waals surface area contributed by atoms with E-state index in [1.54, 1.807) is 0 Å². The number of fused-ring (bicyclic) bond motifs is 1. The molecule has 5 fully saturated rings. The van der Waals surface area contributed by atoms with Crippen LogP contribution in [0.3, 0.4) is 0 Å². The molecule has 2 saturated carbocycles. The Morgan fingerprint density at radius 3 is 2.26 bits per heavy atom. The molecule has 0 amide bonds. The quantitative estimate of drug-likeness (QED) is 0.553. The van der Waals surface area contributed by atoms with E-state index in [-0.39, 0.29) is 24.4 Å². The largest absolute Gasteiger partial charge is 0.484 e. The van der Waals surface area contributed by atoms with E-state index in [2.05, 4.69) is 12.3 Å². The second-order valence-electron chi connectivity index (χ2n) is 8.50. The zero-order valence-corrected chi connectivity index (χ0v) is 15.9. The molecule has 0 aromatic heterocycles. The van der Waals surface area contributed by atoms with E-state index in [9.17, 15) is 0 Å². The predicted molar refractivity (Wildman–Crippen MR) is 95.7 cm³/mol. The van der Waals surface area contributed by atoms with Crippen molar-refractivity contribution in [3.05, 3.63) is 18.6 Å². The van der Waals surface area contributed by atoms with Gasteiger partial charge in [-0.3, -0.25) is 0 Å². The zero-order valence-electron chi connectivity index (χ0n) is 15.9. The molecule has 0 aromatic rings. The summed E-state index contributed by atoms with van der Waals surface area (Å²) in [5.74, 6) is -0.940. The Balaban J connectivity index is 1.31. The minimum absolute atomic E-state index is 0.175. The molecule has 150 valence electrons. The highest BCUT2D eigenvalue weighted by molar-refractivity contribution is 5.01. The van der Waals surface area contributed by atoms with Gasteiger partial charge in [0.05, 0.1) is 6.61 Å². The second kappa shape index (κ2) is 7.18. The highest BCUT2D eigenvalue weighted by Crippen LogP contribution is 2.48. The summed E-state index contributed by atoms with van der Waals surface area (Å²) in [5, 5.41) is 0. The monoisotopic (exact) mass is 378 g/mol. The molecular weight excluding hydrogens is 348 g/mol. The van der Waals surface area contributed by atoms with Gasteiger partial charge in [0, 0.05) is 25.7 Å². The average Bonchev–Trinajstić information content (AvgIpc) is 3.33. The molecule has 2 aliphatic carbocycles. The fraction of sp³-hybridized carbons (Fsp3) is 0.857. The molecule has 3 aliphatic heterocycles. The molecule has 2 spiro atoms. The predicted octanol–water partition coefficient (Wildman–Crippen LogP) is 3.55. The van der Waals surface area contributed by atoms with E-state index in [4.69, 9.17) is 28.4 Å². The third-order valence-corrected chi connectivity index (χ3v) is 6.67. The van der Waals surface area contributed by atoms with Crippen LogP contribution >= 0.6 is 0 Å². The fourth-order valence-corrected chi connectivity index (χ4v) is 5.36. The lowest BCUT2D eigenvalue weighted by atomic mass is 9.94. The van der Waals surface area contributed by atoms with Crippen LogP contribution in [0.15, 0.2) is 18.6 Å². The van der Waals surface area contributed by atoms with Crippen LogP contribution in [-0.2, 0) is 28.4 Å². The van der Waals surface area contributed by atoms with Gasteiger partial charge in [-0.1, -0.05) is 25.2 Å². The topological polar surface area (TPSA) is 55.4 Å². The first-order valence-electron chi connectivity index (χ1n) is 10.6. The van der Waals surface area contributed by atoms with Crippen molar-refractivity contribution in [1.29, 1.82) is 0 Å². The van der Waals surface area contributed by atoms with Crippen LogP contribution in [0, 0.1) is 0 Å². The van der Waals surface area contributed by atoms with Crippen molar-refractivity contribution in [2.75, 3.05) is 6.61 Å². The van der Waals surface area contributed by atoms with Gasteiger partial charge in [-0.25, -0.2) is 0 Å². The van der Waals surface area contributed by atoms with Crippen molar-refractivity contribution in [2.24, 2.45) is 0 Å². The van der Waals surface area contributed by atoms with Crippen molar-refractivity contribution in [1.82, 2.24) is 0 Å². The maximum atomic E-state index is 6.41. The van der Waals surface area contributed by atoms with Gasteiger partial charge >= 0.3 is 0 Å². The lowest BCUT2D eigenvalue weighted by molar-refractivity contribution is -0.260. The Morgan fingerprint density at radius 1 is 0.852 bits per heavy atom. The van der Waals surface area contributed by atoms with Gasteiger partial charge in [-0.2, -0.15) is 0 Å². The van der Waals surface area contributed by atoms with E-state index in [1.165, 1.54) is 19.1 Å². The van der Waals surface area contributed by atoms with Crippen molar-refractivity contribution < 1.29 is 28.4 Å². The average molecular weight is 378 g/mol. The SMILES string of the molecule is C=C=CO[C@@H]1[C@H]2OC3(CCCCC3)O[C@H]2O[C@@H]1[C@H]1COC2(CCCCC2)O1. The Morgan fingerprint density at radius 2 is 1.56 bits per heavy atom. The summed E-state index contributed by atoms with van der Waals surface area (Å²) in [5.41, 5.74) is 2.69. The molecule has 3 saturated heterocycles. The van der Waals surface area contributed by atoms with Crippen molar-refractivity contribution >= 4 is 0 Å². The van der Waals surface area contributed by atoms with Crippen LogP contribution in [0.4, 0.5) is 0 Å². The molecule has 0 aromatic carbocycles. The summed E-state index contributed by atoms with van der Waals surface area (Å²) in [7, 11) is 0. The third-order valence-electron chi connectivity index (χ3n) is 6.67. The summed E-state index contributed by atoms with van der Waals surface area (Å²) in [6.07, 6.45) is 10.8. The van der Waals surface area contributed by atoms with Gasteiger partial charge in [0.1, 0.15) is 18.5 Å². The van der Waals surface area contributed by atoms with Crippen molar-refractivity contribution in [3.8, 4) is 0 Å². The van der Waals surface area contributed by atoms with Gasteiger partial charge in [0.25, 0.3) is 0 Å². The summed E-state index contributed by atoms with van der Waals surface area (Å²) in [4.78, 5) is 0. The Bertz CT molecular complexity index is 587. The first kappa shape index (κ1) is 18.2. The highest BCUT2D eigenvalue weighted by atomic mass is 16.8. The van der Waals surface area contributed by atoms with E-state index in [0.717, 1.165) is 51.4 Å². The normalized spacial score (nSPS) is 42.1. The van der Waals surface area contributed by atoms with Crippen LogP contribution in [0.25, 0.3) is 0 Å². The van der Waals surface area contributed by atoms with Gasteiger partial charge in [-0.15, -0.1) is 0 Å². The van der Waals surface area contributed by atoms with E-state index in [1.807, 2.05) is 0 Å². The molecule has 6 heteroatoms. The van der Waals surface area contributed by atoms with Gasteiger partial charge in [0.15, 0.2) is 30.1 Å². The number of ether oxygens (including phenoxy) is 6. The molecule has 5 atom stereocenters. The van der Waals surface area contributed by atoms with Crippen molar-refractivity contribution in [2.45, 2.75) is 106 Å². The summed E-state index contributed by atoms with van der Waals surface area (Å²) in [6, 6.07) is 0. The van der Waals surface area contributed by atoms with Crippen LogP contribution < -0.4 is 0 Å².